The van der Waals surface area contributed by atoms with Crippen LogP contribution < -0.4 is 4.74 Å². The van der Waals surface area contributed by atoms with Gasteiger partial charge in [0, 0.05) is 10.0 Å². The van der Waals surface area contributed by atoms with Gasteiger partial charge in [-0.3, -0.25) is 0 Å². The SMILES string of the molecule is CC(C)Oc1ccc(Br)cc1CO. The maximum absolute atomic E-state index is 9.05. The number of halogens is 1. The summed E-state index contributed by atoms with van der Waals surface area (Å²) in [6.45, 7) is 3.92. The van der Waals surface area contributed by atoms with Gasteiger partial charge in [0.25, 0.3) is 0 Å². The molecule has 0 aliphatic heterocycles. The van der Waals surface area contributed by atoms with Crippen LogP contribution in [0.5, 0.6) is 5.75 Å². The predicted octanol–water partition coefficient (Wildman–Crippen LogP) is 2.73. The van der Waals surface area contributed by atoms with Gasteiger partial charge in [-0.25, -0.2) is 0 Å². The van der Waals surface area contributed by atoms with E-state index in [0.717, 1.165) is 15.8 Å². The molecule has 72 valence electrons. The fourth-order valence-electron chi connectivity index (χ4n) is 1.04. The lowest BCUT2D eigenvalue weighted by Gasteiger charge is -2.13. The summed E-state index contributed by atoms with van der Waals surface area (Å²) >= 11 is 3.34. The molecule has 3 heteroatoms. The summed E-state index contributed by atoms with van der Waals surface area (Å²) in [6, 6.07) is 5.62. The highest BCUT2D eigenvalue weighted by Gasteiger charge is 2.04. The van der Waals surface area contributed by atoms with Gasteiger partial charge < -0.3 is 9.84 Å². The smallest absolute Gasteiger partial charge is 0.125 e. The molecule has 0 bridgehead atoms. The summed E-state index contributed by atoms with van der Waals surface area (Å²) in [5.74, 6) is 0.751. The summed E-state index contributed by atoms with van der Waals surface area (Å²) in [6.07, 6.45) is 0.131. The van der Waals surface area contributed by atoms with E-state index in [1.165, 1.54) is 0 Å². The molecule has 0 fully saturated rings. The zero-order chi connectivity index (χ0) is 9.84. The molecule has 0 aromatic heterocycles. The molecule has 0 heterocycles. The maximum Gasteiger partial charge on any atom is 0.125 e. The van der Waals surface area contributed by atoms with Gasteiger partial charge in [-0.15, -0.1) is 0 Å². The monoisotopic (exact) mass is 244 g/mol. The zero-order valence-electron chi connectivity index (χ0n) is 7.75. The number of aliphatic hydroxyl groups excluding tert-OH is 1. The third-order valence-corrected chi connectivity index (χ3v) is 2.05. The molecule has 0 spiro atoms. The molecule has 0 saturated heterocycles. The van der Waals surface area contributed by atoms with Gasteiger partial charge in [0.1, 0.15) is 5.75 Å². The highest BCUT2D eigenvalue weighted by Crippen LogP contribution is 2.23. The molecule has 0 unspecified atom stereocenters. The second kappa shape index (κ2) is 4.63. The quantitative estimate of drug-likeness (QED) is 0.887. The molecule has 0 radical (unpaired) electrons. The number of ether oxygens (including phenoxy) is 1. The van der Waals surface area contributed by atoms with E-state index in [2.05, 4.69) is 15.9 Å². The minimum absolute atomic E-state index is 0.00148. The summed E-state index contributed by atoms with van der Waals surface area (Å²) in [7, 11) is 0. The Hall–Kier alpha value is -0.540. The molecule has 1 N–H and O–H groups in total. The molecule has 13 heavy (non-hydrogen) atoms. The van der Waals surface area contributed by atoms with Crippen LogP contribution in [-0.2, 0) is 6.61 Å². The molecular weight excluding hydrogens is 232 g/mol. The van der Waals surface area contributed by atoms with Crippen molar-refractivity contribution in [3.05, 3.63) is 28.2 Å². The Balaban J connectivity index is 2.92. The Bertz CT molecular complexity index is 284. The summed E-state index contributed by atoms with van der Waals surface area (Å²) in [4.78, 5) is 0. The highest BCUT2D eigenvalue weighted by molar-refractivity contribution is 9.10. The van der Waals surface area contributed by atoms with Crippen LogP contribution in [0.25, 0.3) is 0 Å². The molecule has 0 atom stereocenters. The van der Waals surface area contributed by atoms with Gasteiger partial charge in [-0.2, -0.15) is 0 Å². The van der Waals surface area contributed by atoms with Crippen molar-refractivity contribution in [2.24, 2.45) is 0 Å². The lowest BCUT2D eigenvalue weighted by atomic mass is 10.2. The van der Waals surface area contributed by atoms with Crippen molar-refractivity contribution in [1.82, 2.24) is 0 Å². The Kier molecular flexibility index (Phi) is 3.75. The molecular formula is C10H13BrO2. The van der Waals surface area contributed by atoms with Gasteiger partial charge in [0.15, 0.2) is 0 Å². The Morgan fingerprint density at radius 3 is 2.69 bits per heavy atom. The van der Waals surface area contributed by atoms with Crippen molar-refractivity contribution in [3.8, 4) is 5.75 Å². The average Bonchev–Trinajstić information content (AvgIpc) is 2.07. The standard InChI is InChI=1S/C10H13BrO2/c1-7(2)13-10-4-3-9(11)5-8(10)6-12/h3-5,7,12H,6H2,1-2H3. The third-order valence-electron chi connectivity index (χ3n) is 1.56. The molecule has 2 nitrogen and oxygen atoms in total. The van der Waals surface area contributed by atoms with E-state index in [0.29, 0.717) is 0 Å². The van der Waals surface area contributed by atoms with Crippen molar-refractivity contribution in [2.75, 3.05) is 0 Å². The largest absolute Gasteiger partial charge is 0.491 e. The lowest BCUT2D eigenvalue weighted by Crippen LogP contribution is -2.07. The van der Waals surface area contributed by atoms with Crippen LogP contribution >= 0.6 is 15.9 Å². The number of aliphatic hydroxyl groups is 1. The molecule has 0 aliphatic carbocycles. The summed E-state index contributed by atoms with van der Waals surface area (Å²) in [5.41, 5.74) is 0.808. The third kappa shape index (κ3) is 3.01. The van der Waals surface area contributed by atoms with Crippen LogP contribution in [0.2, 0.25) is 0 Å². The molecule has 0 saturated carbocycles. The first-order chi connectivity index (χ1) is 6.13. The second-order valence-electron chi connectivity index (χ2n) is 3.08. The fourth-order valence-corrected chi connectivity index (χ4v) is 1.45. The predicted molar refractivity (Wildman–Crippen MR) is 55.8 cm³/mol. The van der Waals surface area contributed by atoms with E-state index in [4.69, 9.17) is 9.84 Å². The van der Waals surface area contributed by atoms with E-state index in [-0.39, 0.29) is 12.7 Å². The van der Waals surface area contributed by atoms with E-state index in [1.54, 1.807) is 0 Å². The van der Waals surface area contributed by atoms with E-state index in [9.17, 15) is 0 Å². The van der Waals surface area contributed by atoms with Crippen molar-refractivity contribution >= 4 is 15.9 Å². The molecule has 0 amide bonds. The summed E-state index contributed by atoms with van der Waals surface area (Å²) in [5, 5.41) is 9.05. The van der Waals surface area contributed by atoms with Crippen molar-refractivity contribution in [1.29, 1.82) is 0 Å². The van der Waals surface area contributed by atoms with Gasteiger partial charge in [0.05, 0.1) is 12.7 Å². The molecule has 1 aromatic rings. The van der Waals surface area contributed by atoms with Crippen molar-refractivity contribution in [2.45, 2.75) is 26.6 Å². The minimum Gasteiger partial charge on any atom is -0.491 e. The zero-order valence-corrected chi connectivity index (χ0v) is 9.34. The number of rotatable bonds is 3. The first-order valence-corrected chi connectivity index (χ1v) is 4.98. The van der Waals surface area contributed by atoms with E-state index >= 15 is 0 Å². The number of hydrogen-bond donors (Lipinski definition) is 1. The van der Waals surface area contributed by atoms with Gasteiger partial charge in [-0.05, 0) is 32.0 Å². The van der Waals surface area contributed by atoms with E-state index in [1.807, 2.05) is 32.0 Å². The number of hydrogen-bond acceptors (Lipinski definition) is 2. The summed E-state index contributed by atoms with van der Waals surface area (Å²) < 4.78 is 6.46. The Morgan fingerprint density at radius 1 is 1.46 bits per heavy atom. The average molecular weight is 245 g/mol. The van der Waals surface area contributed by atoms with Gasteiger partial charge in [-0.1, -0.05) is 15.9 Å². The van der Waals surface area contributed by atoms with Crippen LogP contribution in [-0.4, -0.2) is 11.2 Å². The Morgan fingerprint density at radius 2 is 2.15 bits per heavy atom. The van der Waals surface area contributed by atoms with Gasteiger partial charge >= 0.3 is 0 Å². The highest BCUT2D eigenvalue weighted by atomic mass is 79.9. The Labute approximate surface area is 86.7 Å². The lowest BCUT2D eigenvalue weighted by molar-refractivity contribution is 0.225. The number of benzene rings is 1. The molecule has 1 rings (SSSR count). The molecule has 1 aromatic carbocycles. The van der Waals surface area contributed by atoms with E-state index < -0.39 is 0 Å². The molecule has 0 aliphatic rings. The maximum atomic E-state index is 9.05. The van der Waals surface area contributed by atoms with Crippen molar-refractivity contribution in [3.63, 3.8) is 0 Å². The topological polar surface area (TPSA) is 29.5 Å². The van der Waals surface area contributed by atoms with Crippen LogP contribution in [0.3, 0.4) is 0 Å². The minimum atomic E-state index is 0.00148. The first-order valence-electron chi connectivity index (χ1n) is 4.19. The van der Waals surface area contributed by atoms with Crippen LogP contribution in [0.1, 0.15) is 19.4 Å². The van der Waals surface area contributed by atoms with Crippen LogP contribution in [0.15, 0.2) is 22.7 Å². The fraction of sp³-hybridized carbons (Fsp3) is 0.400. The van der Waals surface area contributed by atoms with Crippen LogP contribution in [0, 0.1) is 0 Å². The van der Waals surface area contributed by atoms with Crippen molar-refractivity contribution < 1.29 is 9.84 Å². The normalized spacial score (nSPS) is 10.5. The first kappa shape index (κ1) is 10.5. The van der Waals surface area contributed by atoms with Gasteiger partial charge in [0.2, 0.25) is 0 Å². The second-order valence-corrected chi connectivity index (χ2v) is 3.99. The van der Waals surface area contributed by atoms with Crippen LogP contribution in [0.4, 0.5) is 0 Å².